The summed E-state index contributed by atoms with van der Waals surface area (Å²) >= 11 is 1.25. The molecule has 7 heteroatoms. The number of nitrogens with two attached hydrogens (primary N) is 1. The minimum atomic E-state index is -0.988. The van der Waals surface area contributed by atoms with Crippen LogP contribution in [0.2, 0.25) is 0 Å². The van der Waals surface area contributed by atoms with E-state index < -0.39 is 17.6 Å². The van der Waals surface area contributed by atoms with Gasteiger partial charge in [0, 0.05) is 6.54 Å². The summed E-state index contributed by atoms with van der Waals surface area (Å²) in [6.45, 7) is 5.67. The number of ether oxygens (including phenoxy) is 1. The van der Waals surface area contributed by atoms with Crippen molar-refractivity contribution in [3.63, 3.8) is 0 Å². The molecule has 0 amide bonds. The first kappa shape index (κ1) is 13.0. The maximum Gasteiger partial charge on any atom is 0.331 e. The van der Waals surface area contributed by atoms with Crippen LogP contribution in [0, 0.1) is 0 Å². The molecule has 0 saturated carbocycles. The Morgan fingerprint density at radius 2 is 2.22 bits per heavy atom. The normalized spacial score (nSPS) is 19.5. The molecule has 3 N–H and O–H groups in total. The van der Waals surface area contributed by atoms with Crippen molar-refractivity contribution < 1.29 is 14.3 Å². The van der Waals surface area contributed by atoms with Crippen LogP contribution in [-0.4, -0.2) is 28.4 Å². The third-order valence-electron chi connectivity index (χ3n) is 2.32. The average Bonchev–Trinajstić information content (AvgIpc) is 2.57. The third-order valence-corrected chi connectivity index (χ3v) is 3.20. The van der Waals surface area contributed by atoms with Gasteiger partial charge < -0.3 is 10.5 Å². The van der Waals surface area contributed by atoms with Gasteiger partial charge in [-0.05, 0) is 20.8 Å². The molecule has 1 aliphatic heterocycles. The van der Waals surface area contributed by atoms with E-state index in [0.717, 1.165) is 4.88 Å². The SMILES string of the molecule is CC(C)(C)OC(=O)C1NCc2sc(N)nc2C1=O. The summed E-state index contributed by atoms with van der Waals surface area (Å²) in [6.07, 6.45) is 0. The molecule has 2 rings (SSSR count). The molecular weight excluding hydrogens is 254 g/mol. The maximum atomic E-state index is 12.1. The monoisotopic (exact) mass is 269 g/mol. The minimum absolute atomic E-state index is 0.284. The topological polar surface area (TPSA) is 94.3 Å². The molecule has 1 aliphatic rings. The average molecular weight is 269 g/mol. The lowest BCUT2D eigenvalue weighted by molar-refractivity contribution is -0.156. The Balaban J connectivity index is 2.19. The van der Waals surface area contributed by atoms with Gasteiger partial charge in [0.05, 0.1) is 4.88 Å². The second-order valence-corrected chi connectivity index (χ2v) is 6.15. The van der Waals surface area contributed by atoms with Gasteiger partial charge in [-0.2, -0.15) is 0 Å². The van der Waals surface area contributed by atoms with Crippen molar-refractivity contribution in [1.82, 2.24) is 10.3 Å². The molecule has 0 spiro atoms. The smallest absolute Gasteiger partial charge is 0.331 e. The largest absolute Gasteiger partial charge is 0.458 e. The molecule has 18 heavy (non-hydrogen) atoms. The number of carbonyl (C=O) groups is 2. The highest BCUT2D eigenvalue weighted by Gasteiger charge is 2.37. The number of rotatable bonds is 1. The first-order valence-corrected chi connectivity index (χ1v) is 6.35. The number of nitrogens with one attached hydrogen (secondary N) is 1. The molecule has 98 valence electrons. The number of Topliss-reactive ketones (excluding diaryl/α,β-unsaturated/α-hetero) is 1. The van der Waals surface area contributed by atoms with Crippen molar-refractivity contribution in [2.45, 2.75) is 39.0 Å². The van der Waals surface area contributed by atoms with Crippen LogP contribution in [0.5, 0.6) is 0 Å². The van der Waals surface area contributed by atoms with Gasteiger partial charge in [-0.25, -0.2) is 9.78 Å². The van der Waals surface area contributed by atoms with E-state index in [4.69, 9.17) is 10.5 Å². The molecule has 0 aromatic carbocycles. The van der Waals surface area contributed by atoms with E-state index in [9.17, 15) is 9.59 Å². The highest BCUT2D eigenvalue weighted by molar-refractivity contribution is 7.15. The van der Waals surface area contributed by atoms with Gasteiger partial charge in [0.25, 0.3) is 0 Å². The van der Waals surface area contributed by atoms with Crippen molar-refractivity contribution in [3.05, 3.63) is 10.6 Å². The number of fused-ring (bicyclic) bond motifs is 1. The first-order chi connectivity index (χ1) is 8.28. The first-order valence-electron chi connectivity index (χ1n) is 5.53. The molecule has 0 radical (unpaired) electrons. The molecule has 0 saturated heterocycles. The quantitative estimate of drug-likeness (QED) is 0.576. The lowest BCUT2D eigenvalue weighted by Gasteiger charge is -2.25. The fraction of sp³-hybridized carbons (Fsp3) is 0.545. The zero-order chi connectivity index (χ0) is 13.5. The summed E-state index contributed by atoms with van der Waals surface area (Å²) in [6, 6.07) is -0.988. The van der Waals surface area contributed by atoms with Gasteiger partial charge in [0.2, 0.25) is 5.78 Å². The molecule has 6 nitrogen and oxygen atoms in total. The van der Waals surface area contributed by atoms with Crippen LogP contribution in [0.15, 0.2) is 0 Å². The van der Waals surface area contributed by atoms with Crippen molar-refractivity contribution in [1.29, 1.82) is 0 Å². The zero-order valence-electron chi connectivity index (χ0n) is 10.4. The van der Waals surface area contributed by atoms with E-state index in [0.29, 0.717) is 11.7 Å². The Morgan fingerprint density at radius 1 is 1.56 bits per heavy atom. The zero-order valence-corrected chi connectivity index (χ0v) is 11.3. The van der Waals surface area contributed by atoms with Crippen LogP contribution >= 0.6 is 11.3 Å². The molecule has 1 atom stereocenters. The second-order valence-electron chi connectivity index (χ2n) is 5.04. The Kier molecular flexibility index (Phi) is 3.12. The molecule has 0 fully saturated rings. The predicted molar refractivity (Wildman–Crippen MR) is 67.3 cm³/mol. The fourth-order valence-electron chi connectivity index (χ4n) is 1.66. The van der Waals surface area contributed by atoms with E-state index in [1.54, 1.807) is 20.8 Å². The van der Waals surface area contributed by atoms with Crippen molar-refractivity contribution >= 4 is 28.2 Å². The maximum absolute atomic E-state index is 12.1. The van der Waals surface area contributed by atoms with Gasteiger partial charge in [-0.15, -0.1) is 11.3 Å². The summed E-state index contributed by atoms with van der Waals surface area (Å²) in [5, 5.41) is 3.18. The van der Waals surface area contributed by atoms with Crippen LogP contribution < -0.4 is 11.1 Å². The fourth-order valence-corrected chi connectivity index (χ4v) is 2.45. The van der Waals surface area contributed by atoms with Crippen LogP contribution in [0.3, 0.4) is 0 Å². The summed E-state index contributed by atoms with van der Waals surface area (Å²) < 4.78 is 5.19. The van der Waals surface area contributed by atoms with Gasteiger partial charge in [0.15, 0.2) is 11.2 Å². The Labute approximate surface area is 109 Å². The number of hydrogen-bond acceptors (Lipinski definition) is 7. The number of anilines is 1. The van der Waals surface area contributed by atoms with Gasteiger partial charge in [0.1, 0.15) is 11.3 Å². The van der Waals surface area contributed by atoms with Gasteiger partial charge in [-0.1, -0.05) is 0 Å². The summed E-state index contributed by atoms with van der Waals surface area (Å²) in [7, 11) is 0. The van der Waals surface area contributed by atoms with Crippen molar-refractivity contribution in [2.24, 2.45) is 0 Å². The predicted octanol–water partition coefficient (Wildman–Crippen LogP) is 0.722. The highest BCUT2D eigenvalue weighted by atomic mass is 32.1. The van der Waals surface area contributed by atoms with Crippen molar-refractivity contribution in [2.75, 3.05) is 5.73 Å². The molecule has 1 unspecified atom stereocenters. The molecule has 2 heterocycles. The van der Waals surface area contributed by atoms with Crippen LogP contribution in [0.4, 0.5) is 5.13 Å². The number of carbonyl (C=O) groups excluding carboxylic acids is 2. The third kappa shape index (κ3) is 2.51. The summed E-state index contributed by atoms with van der Waals surface area (Å²) in [5.41, 5.74) is 5.21. The lowest BCUT2D eigenvalue weighted by atomic mass is 10.0. The molecule has 1 aromatic rings. The van der Waals surface area contributed by atoms with Crippen LogP contribution in [-0.2, 0) is 16.1 Å². The Hall–Kier alpha value is -1.47. The number of aromatic nitrogens is 1. The standard InChI is InChI=1S/C11H15N3O3S/c1-11(2,3)17-9(16)7-8(15)6-5(4-13-7)18-10(12)14-6/h7,13H,4H2,1-3H3,(H2,12,14). The number of ketones is 1. The minimum Gasteiger partial charge on any atom is -0.458 e. The van der Waals surface area contributed by atoms with Gasteiger partial charge >= 0.3 is 5.97 Å². The number of hydrogen-bond donors (Lipinski definition) is 2. The van der Waals surface area contributed by atoms with Crippen LogP contribution in [0.1, 0.15) is 36.1 Å². The van der Waals surface area contributed by atoms with Gasteiger partial charge in [-0.3, -0.25) is 10.1 Å². The molecule has 0 aliphatic carbocycles. The molecular formula is C11H15N3O3S. The number of esters is 1. The molecule has 1 aromatic heterocycles. The molecule has 0 bridgehead atoms. The summed E-state index contributed by atoms with van der Waals surface area (Å²) in [4.78, 5) is 28.7. The number of thiazole rings is 1. The van der Waals surface area contributed by atoms with Crippen molar-refractivity contribution in [3.8, 4) is 0 Å². The lowest BCUT2D eigenvalue weighted by Crippen LogP contribution is -2.49. The number of nitrogen functional groups attached to an aromatic ring is 1. The number of nitrogens with zero attached hydrogens (tertiary/aromatic N) is 1. The van der Waals surface area contributed by atoms with E-state index in [-0.39, 0.29) is 11.5 Å². The van der Waals surface area contributed by atoms with Crippen LogP contribution in [0.25, 0.3) is 0 Å². The van der Waals surface area contributed by atoms with E-state index >= 15 is 0 Å². The highest BCUT2D eigenvalue weighted by Crippen LogP contribution is 2.25. The van der Waals surface area contributed by atoms with E-state index in [1.807, 2.05) is 0 Å². The summed E-state index contributed by atoms with van der Waals surface area (Å²) in [5.74, 6) is -0.955. The Bertz CT molecular complexity index is 504. The second kappa shape index (κ2) is 4.33. The Morgan fingerprint density at radius 3 is 2.83 bits per heavy atom. The van der Waals surface area contributed by atoms with E-state index in [1.165, 1.54) is 11.3 Å². The van der Waals surface area contributed by atoms with E-state index in [2.05, 4.69) is 10.3 Å².